The maximum absolute atomic E-state index is 14.2. The standard InChI is InChI=1S/C23H21F3N8O/c1-13-9-15(10-28-21(13)34-29-7-8-30-34)32-22(35)18-11-31-33(20(18)23(24,25)26)19-12-27-14(2)16-5-3-4-6-17(16)19/h7-12H,3-6H2,1-2H3,(H,32,35). The Bertz CT molecular complexity index is 1410. The SMILES string of the molecule is Cc1cc(NC(=O)c2cnn(-c3cnc(C)c4c3CCCC4)c2C(F)(F)F)cnc1-n1nccn1. The third kappa shape index (κ3) is 4.15. The van der Waals surface area contributed by atoms with E-state index in [4.69, 9.17) is 0 Å². The lowest BCUT2D eigenvalue weighted by atomic mass is 9.90. The molecular weight excluding hydrogens is 461 g/mol. The second kappa shape index (κ2) is 8.60. The molecule has 180 valence electrons. The van der Waals surface area contributed by atoms with Crippen LogP contribution in [-0.4, -0.2) is 40.6 Å². The van der Waals surface area contributed by atoms with Crippen molar-refractivity contribution < 1.29 is 18.0 Å². The molecule has 0 saturated heterocycles. The molecule has 0 atom stereocenters. The number of hydrogen-bond acceptors (Lipinski definition) is 6. The van der Waals surface area contributed by atoms with E-state index in [0.29, 0.717) is 17.8 Å². The zero-order chi connectivity index (χ0) is 24.7. The zero-order valence-corrected chi connectivity index (χ0v) is 19.0. The number of rotatable bonds is 4. The second-order valence-electron chi connectivity index (χ2n) is 8.35. The first-order chi connectivity index (χ1) is 16.7. The number of halogens is 3. The maximum atomic E-state index is 14.2. The van der Waals surface area contributed by atoms with Gasteiger partial charge in [0.05, 0.1) is 47.9 Å². The molecule has 9 nitrogen and oxygen atoms in total. The van der Waals surface area contributed by atoms with Gasteiger partial charge in [-0.25, -0.2) is 9.67 Å². The molecule has 0 aromatic carbocycles. The van der Waals surface area contributed by atoms with Crippen LogP contribution in [0.25, 0.3) is 11.5 Å². The van der Waals surface area contributed by atoms with E-state index in [-0.39, 0.29) is 11.4 Å². The largest absolute Gasteiger partial charge is 0.434 e. The van der Waals surface area contributed by atoms with Gasteiger partial charge in [-0.15, -0.1) is 4.80 Å². The Morgan fingerprint density at radius 3 is 2.37 bits per heavy atom. The van der Waals surface area contributed by atoms with Crippen molar-refractivity contribution in [2.24, 2.45) is 0 Å². The van der Waals surface area contributed by atoms with Crippen molar-refractivity contribution in [2.45, 2.75) is 45.7 Å². The van der Waals surface area contributed by atoms with Crippen LogP contribution in [0.3, 0.4) is 0 Å². The Kier molecular flexibility index (Phi) is 5.58. The fourth-order valence-corrected chi connectivity index (χ4v) is 4.42. The van der Waals surface area contributed by atoms with Crippen molar-refractivity contribution in [3.63, 3.8) is 0 Å². The van der Waals surface area contributed by atoms with Crippen molar-refractivity contribution in [1.29, 1.82) is 0 Å². The number of aromatic nitrogens is 7. The normalized spacial score (nSPS) is 13.5. The van der Waals surface area contributed by atoms with E-state index in [0.717, 1.165) is 47.0 Å². The van der Waals surface area contributed by atoms with E-state index in [2.05, 4.69) is 30.6 Å². The molecule has 4 aromatic heterocycles. The van der Waals surface area contributed by atoms with Gasteiger partial charge < -0.3 is 5.32 Å². The molecule has 1 N–H and O–H groups in total. The van der Waals surface area contributed by atoms with Gasteiger partial charge in [0.25, 0.3) is 5.91 Å². The fourth-order valence-electron chi connectivity index (χ4n) is 4.42. The van der Waals surface area contributed by atoms with Gasteiger partial charge in [-0.1, -0.05) is 0 Å². The van der Waals surface area contributed by atoms with Crippen molar-refractivity contribution in [3.05, 3.63) is 70.7 Å². The van der Waals surface area contributed by atoms with Gasteiger partial charge in [-0.2, -0.15) is 28.5 Å². The summed E-state index contributed by atoms with van der Waals surface area (Å²) in [7, 11) is 0. The molecule has 35 heavy (non-hydrogen) atoms. The number of amides is 1. The Hall–Kier alpha value is -4.09. The molecule has 5 rings (SSSR count). The minimum Gasteiger partial charge on any atom is -0.320 e. The summed E-state index contributed by atoms with van der Waals surface area (Å²) in [5.41, 5.74) is 1.95. The topological polar surface area (TPSA) is 103 Å². The van der Waals surface area contributed by atoms with Gasteiger partial charge in [0.1, 0.15) is 0 Å². The highest BCUT2D eigenvalue weighted by Gasteiger charge is 2.41. The van der Waals surface area contributed by atoms with Gasteiger partial charge in [0.2, 0.25) is 0 Å². The Morgan fingerprint density at radius 1 is 0.971 bits per heavy atom. The molecule has 0 saturated carbocycles. The smallest absolute Gasteiger partial charge is 0.320 e. The lowest BCUT2D eigenvalue weighted by Crippen LogP contribution is -2.22. The number of aryl methyl sites for hydroxylation is 2. The van der Waals surface area contributed by atoms with E-state index < -0.39 is 23.3 Å². The van der Waals surface area contributed by atoms with Crippen LogP contribution in [0.1, 0.15) is 51.3 Å². The molecule has 0 bridgehead atoms. The van der Waals surface area contributed by atoms with Crippen molar-refractivity contribution in [3.8, 4) is 11.5 Å². The minimum atomic E-state index is -4.82. The van der Waals surface area contributed by atoms with Crippen LogP contribution in [0, 0.1) is 13.8 Å². The summed E-state index contributed by atoms with van der Waals surface area (Å²) in [5, 5.41) is 14.5. The molecule has 1 amide bonds. The molecular formula is C23H21F3N8O. The number of alkyl halides is 3. The van der Waals surface area contributed by atoms with Crippen LogP contribution < -0.4 is 5.32 Å². The van der Waals surface area contributed by atoms with Gasteiger partial charge in [0, 0.05) is 5.69 Å². The van der Waals surface area contributed by atoms with E-state index in [1.807, 2.05) is 6.92 Å². The van der Waals surface area contributed by atoms with E-state index in [1.54, 1.807) is 13.0 Å². The number of carbonyl (C=O) groups excluding carboxylic acids is 1. The number of carbonyl (C=O) groups is 1. The number of anilines is 1. The first kappa shape index (κ1) is 22.7. The first-order valence-corrected chi connectivity index (χ1v) is 11.0. The lowest BCUT2D eigenvalue weighted by Gasteiger charge is -2.22. The number of nitrogens with one attached hydrogen (secondary N) is 1. The predicted molar refractivity (Wildman–Crippen MR) is 120 cm³/mol. The van der Waals surface area contributed by atoms with Crippen LogP contribution in [0.5, 0.6) is 0 Å². The molecule has 0 spiro atoms. The molecule has 4 aromatic rings. The minimum absolute atomic E-state index is 0.235. The lowest BCUT2D eigenvalue weighted by molar-refractivity contribution is -0.143. The summed E-state index contributed by atoms with van der Waals surface area (Å²) < 4.78 is 43.5. The Morgan fingerprint density at radius 2 is 1.69 bits per heavy atom. The van der Waals surface area contributed by atoms with Crippen LogP contribution in [0.15, 0.2) is 37.1 Å². The Balaban J connectivity index is 1.51. The number of nitrogens with zero attached hydrogens (tertiary/aromatic N) is 7. The average Bonchev–Trinajstić information content (AvgIpc) is 3.50. The molecule has 0 unspecified atom stereocenters. The monoisotopic (exact) mass is 482 g/mol. The summed E-state index contributed by atoms with van der Waals surface area (Å²) in [6.07, 6.45) is 5.07. The Labute approximate surface area is 198 Å². The average molecular weight is 482 g/mol. The molecule has 4 heterocycles. The molecule has 1 aliphatic carbocycles. The third-order valence-electron chi connectivity index (χ3n) is 6.02. The van der Waals surface area contributed by atoms with Gasteiger partial charge in [-0.05, 0) is 62.3 Å². The summed E-state index contributed by atoms with van der Waals surface area (Å²) in [4.78, 5) is 22.8. The third-order valence-corrected chi connectivity index (χ3v) is 6.02. The van der Waals surface area contributed by atoms with E-state index in [9.17, 15) is 18.0 Å². The van der Waals surface area contributed by atoms with Crippen molar-refractivity contribution in [2.75, 3.05) is 5.32 Å². The molecule has 0 fully saturated rings. The summed E-state index contributed by atoms with van der Waals surface area (Å²) in [6.45, 7) is 3.58. The van der Waals surface area contributed by atoms with E-state index >= 15 is 0 Å². The summed E-state index contributed by atoms with van der Waals surface area (Å²) in [5.74, 6) is -0.503. The number of fused-ring (bicyclic) bond motifs is 1. The maximum Gasteiger partial charge on any atom is 0.434 e. The second-order valence-corrected chi connectivity index (χ2v) is 8.35. The number of hydrogen-bond donors (Lipinski definition) is 1. The van der Waals surface area contributed by atoms with Gasteiger partial charge in [0.15, 0.2) is 11.5 Å². The van der Waals surface area contributed by atoms with Gasteiger partial charge in [-0.3, -0.25) is 9.78 Å². The highest BCUT2D eigenvalue weighted by molar-refractivity contribution is 6.05. The molecule has 1 aliphatic rings. The zero-order valence-electron chi connectivity index (χ0n) is 19.0. The van der Waals surface area contributed by atoms with Crippen LogP contribution in [0.4, 0.5) is 18.9 Å². The summed E-state index contributed by atoms with van der Waals surface area (Å²) >= 11 is 0. The van der Waals surface area contributed by atoms with Crippen LogP contribution in [0.2, 0.25) is 0 Å². The quantitative estimate of drug-likeness (QED) is 0.472. The van der Waals surface area contributed by atoms with Gasteiger partial charge >= 0.3 is 6.18 Å². The van der Waals surface area contributed by atoms with E-state index in [1.165, 1.54) is 29.6 Å². The molecule has 0 radical (unpaired) electrons. The molecule has 12 heteroatoms. The van der Waals surface area contributed by atoms with Crippen molar-refractivity contribution in [1.82, 2.24) is 34.7 Å². The summed E-state index contributed by atoms with van der Waals surface area (Å²) in [6, 6.07) is 1.58. The first-order valence-electron chi connectivity index (χ1n) is 11.0. The highest BCUT2D eigenvalue weighted by Crippen LogP contribution is 2.36. The number of pyridine rings is 2. The fraction of sp³-hybridized carbons (Fsp3) is 0.304. The van der Waals surface area contributed by atoms with Crippen molar-refractivity contribution >= 4 is 11.6 Å². The van der Waals surface area contributed by atoms with Crippen LogP contribution >= 0.6 is 0 Å². The van der Waals surface area contributed by atoms with Crippen LogP contribution in [-0.2, 0) is 19.0 Å². The molecule has 0 aliphatic heterocycles. The predicted octanol–water partition coefficient (Wildman–Crippen LogP) is 4.01. The highest BCUT2D eigenvalue weighted by atomic mass is 19.4.